The SMILES string of the molecule is CC(C)(C)c1c[nH]c(=S)n1CCc1ccc(F)cc1. The largest absolute Gasteiger partial charge is 0.337 e. The highest BCUT2D eigenvalue weighted by molar-refractivity contribution is 7.71. The third-order valence-corrected chi connectivity index (χ3v) is 3.51. The number of halogens is 1. The molecule has 2 nitrogen and oxygen atoms in total. The molecule has 0 aliphatic rings. The topological polar surface area (TPSA) is 20.7 Å². The molecule has 2 rings (SSSR count). The molecule has 0 bridgehead atoms. The van der Waals surface area contributed by atoms with Gasteiger partial charge in [-0.3, -0.25) is 0 Å². The molecule has 0 radical (unpaired) electrons. The Kier molecular flexibility index (Phi) is 3.90. The summed E-state index contributed by atoms with van der Waals surface area (Å²) in [6.07, 6.45) is 2.82. The first-order valence-electron chi connectivity index (χ1n) is 6.41. The Hall–Kier alpha value is -1.42. The molecule has 0 unspecified atom stereocenters. The van der Waals surface area contributed by atoms with Gasteiger partial charge in [-0.25, -0.2) is 4.39 Å². The van der Waals surface area contributed by atoms with Crippen molar-refractivity contribution < 1.29 is 4.39 Å². The number of nitrogens with one attached hydrogen (secondary N) is 1. The zero-order valence-electron chi connectivity index (χ0n) is 11.5. The van der Waals surface area contributed by atoms with Crippen LogP contribution in [0.1, 0.15) is 32.0 Å². The summed E-state index contributed by atoms with van der Waals surface area (Å²) in [6, 6.07) is 6.64. The molecular weight excluding hydrogens is 259 g/mol. The summed E-state index contributed by atoms with van der Waals surface area (Å²) in [7, 11) is 0. The summed E-state index contributed by atoms with van der Waals surface area (Å²) in [5, 5.41) is 0. The van der Waals surface area contributed by atoms with E-state index in [2.05, 4.69) is 30.3 Å². The summed E-state index contributed by atoms with van der Waals surface area (Å²) in [4.78, 5) is 3.11. The molecule has 4 heteroatoms. The fraction of sp³-hybridized carbons (Fsp3) is 0.400. The van der Waals surface area contributed by atoms with E-state index < -0.39 is 0 Å². The van der Waals surface area contributed by atoms with E-state index in [-0.39, 0.29) is 11.2 Å². The van der Waals surface area contributed by atoms with Crippen LogP contribution in [0.15, 0.2) is 30.5 Å². The van der Waals surface area contributed by atoms with Crippen molar-refractivity contribution in [1.29, 1.82) is 0 Å². The summed E-state index contributed by atoms with van der Waals surface area (Å²) in [5.74, 6) is -0.197. The van der Waals surface area contributed by atoms with E-state index in [0.717, 1.165) is 23.3 Å². The molecule has 0 aliphatic carbocycles. The maximum absolute atomic E-state index is 12.9. The van der Waals surface area contributed by atoms with E-state index in [9.17, 15) is 4.39 Å². The van der Waals surface area contributed by atoms with Crippen LogP contribution in [0.5, 0.6) is 0 Å². The maximum atomic E-state index is 12.9. The first-order valence-corrected chi connectivity index (χ1v) is 6.82. The average molecular weight is 278 g/mol. The predicted molar refractivity (Wildman–Crippen MR) is 78.4 cm³/mol. The number of H-pyrrole nitrogens is 1. The molecule has 0 aliphatic heterocycles. The molecule has 0 saturated carbocycles. The Morgan fingerprint density at radius 2 is 1.84 bits per heavy atom. The lowest BCUT2D eigenvalue weighted by Crippen LogP contribution is -2.18. The zero-order chi connectivity index (χ0) is 14.0. The van der Waals surface area contributed by atoms with Crippen molar-refractivity contribution in [3.05, 3.63) is 52.3 Å². The maximum Gasteiger partial charge on any atom is 0.177 e. The second kappa shape index (κ2) is 5.29. The van der Waals surface area contributed by atoms with Gasteiger partial charge in [0.05, 0.1) is 0 Å². The Morgan fingerprint density at radius 3 is 2.42 bits per heavy atom. The van der Waals surface area contributed by atoms with Crippen LogP contribution in [-0.2, 0) is 18.4 Å². The third-order valence-electron chi connectivity index (χ3n) is 3.17. The average Bonchev–Trinajstić information content (AvgIpc) is 2.70. The van der Waals surface area contributed by atoms with Crippen molar-refractivity contribution >= 4 is 12.2 Å². The van der Waals surface area contributed by atoms with Crippen LogP contribution in [0.2, 0.25) is 0 Å². The molecule has 0 amide bonds. The monoisotopic (exact) mass is 278 g/mol. The lowest BCUT2D eigenvalue weighted by Gasteiger charge is -2.20. The second-order valence-electron chi connectivity index (χ2n) is 5.76. The predicted octanol–water partition coefficient (Wildman–Crippen LogP) is 4.22. The summed E-state index contributed by atoms with van der Waals surface area (Å²) in [6.45, 7) is 7.30. The third kappa shape index (κ3) is 3.32. The Balaban J connectivity index is 2.18. The summed E-state index contributed by atoms with van der Waals surface area (Å²) >= 11 is 5.33. The number of aromatic amines is 1. The van der Waals surface area contributed by atoms with Gasteiger partial charge in [-0.1, -0.05) is 32.9 Å². The molecule has 0 spiro atoms. The lowest BCUT2D eigenvalue weighted by atomic mass is 9.92. The van der Waals surface area contributed by atoms with Gasteiger partial charge in [0.15, 0.2) is 4.77 Å². The Labute approximate surface area is 118 Å². The molecule has 102 valence electrons. The molecule has 1 heterocycles. The molecular formula is C15H19FN2S. The minimum Gasteiger partial charge on any atom is -0.337 e. The van der Waals surface area contributed by atoms with Gasteiger partial charge in [-0.05, 0) is 36.3 Å². The number of aromatic nitrogens is 2. The molecule has 1 aromatic carbocycles. The van der Waals surface area contributed by atoms with Crippen LogP contribution in [0.4, 0.5) is 4.39 Å². The van der Waals surface area contributed by atoms with Crippen LogP contribution in [-0.4, -0.2) is 9.55 Å². The van der Waals surface area contributed by atoms with Crippen molar-refractivity contribution in [3.8, 4) is 0 Å². The van der Waals surface area contributed by atoms with Gasteiger partial charge in [0.25, 0.3) is 0 Å². The fourth-order valence-electron chi connectivity index (χ4n) is 2.13. The van der Waals surface area contributed by atoms with E-state index in [1.807, 2.05) is 18.3 Å². The highest BCUT2D eigenvalue weighted by Gasteiger charge is 2.18. The fourth-order valence-corrected chi connectivity index (χ4v) is 2.38. The number of imidazole rings is 1. The van der Waals surface area contributed by atoms with Crippen LogP contribution in [0.3, 0.4) is 0 Å². The minimum absolute atomic E-state index is 0.0519. The molecule has 0 saturated heterocycles. The Morgan fingerprint density at radius 1 is 1.21 bits per heavy atom. The van der Waals surface area contributed by atoms with E-state index in [4.69, 9.17) is 12.2 Å². The number of nitrogens with zero attached hydrogens (tertiary/aromatic N) is 1. The lowest BCUT2D eigenvalue weighted by molar-refractivity contribution is 0.513. The second-order valence-corrected chi connectivity index (χ2v) is 6.14. The van der Waals surface area contributed by atoms with Crippen LogP contribution < -0.4 is 0 Å². The first-order chi connectivity index (χ1) is 8.88. The van der Waals surface area contributed by atoms with Gasteiger partial charge in [0, 0.05) is 23.9 Å². The molecule has 2 aromatic rings. The molecule has 1 aromatic heterocycles. The summed E-state index contributed by atoms with van der Waals surface area (Å²) < 4.78 is 15.7. The van der Waals surface area contributed by atoms with E-state index in [1.165, 1.54) is 17.8 Å². The highest BCUT2D eigenvalue weighted by atomic mass is 32.1. The Bertz CT molecular complexity index is 602. The number of benzene rings is 1. The van der Waals surface area contributed by atoms with E-state index in [0.29, 0.717) is 0 Å². The van der Waals surface area contributed by atoms with Gasteiger partial charge in [-0.15, -0.1) is 0 Å². The van der Waals surface area contributed by atoms with Crippen molar-refractivity contribution in [2.75, 3.05) is 0 Å². The van der Waals surface area contributed by atoms with Crippen molar-refractivity contribution in [3.63, 3.8) is 0 Å². The number of hydrogen-bond donors (Lipinski definition) is 1. The van der Waals surface area contributed by atoms with Gasteiger partial charge < -0.3 is 9.55 Å². The number of hydrogen-bond acceptors (Lipinski definition) is 1. The van der Waals surface area contributed by atoms with Crippen molar-refractivity contribution in [2.24, 2.45) is 0 Å². The summed E-state index contributed by atoms with van der Waals surface area (Å²) in [5.41, 5.74) is 2.36. The highest BCUT2D eigenvalue weighted by Crippen LogP contribution is 2.22. The first kappa shape index (κ1) is 14.0. The van der Waals surface area contributed by atoms with Crippen LogP contribution in [0, 0.1) is 10.6 Å². The van der Waals surface area contributed by atoms with E-state index >= 15 is 0 Å². The molecule has 0 atom stereocenters. The standard InChI is InChI=1S/C15H19FN2S/c1-15(2,3)13-10-17-14(19)18(13)9-8-11-4-6-12(16)7-5-11/h4-7,10H,8-9H2,1-3H3,(H,17,19). The molecule has 0 fully saturated rings. The normalized spacial score (nSPS) is 11.8. The zero-order valence-corrected chi connectivity index (χ0v) is 12.4. The van der Waals surface area contributed by atoms with Crippen LogP contribution in [0.25, 0.3) is 0 Å². The van der Waals surface area contributed by atoms with Gasteiger partial charge in [0.2, 0.25) is 0 Å². The smallest absolute Gasteiger partial charge is 0.177 e. The van der Waals surface area contributed by atoms with Gasteiger partial charge in [-0.2, -0.15) is 0 Å². The van der Waals surface area contributed by atoms with E-state index in [1.54, 1.807) is 0 Å². The van der Waals surface area contributed by atoms with Gasteiger partial charge >= 0.3 is 0 Å². The van der Waals surface area contributed by atoms with Gasteiger partial charge in [0.1, 0.15) is 5.82 Å². The minimum atomic E-state index is -0.197. The van der Waals surface area contributed by atoms with Crippen molar-refractivity contribution in [2.45, 2.75) is 39.2 Å². The molecule has 19 heavy (non-hydrogen) atoms. The number of aryl methyl sites for hydroxylation is 1. The molecule has 1 N–H and O–H groups in total. The van der Waals surface area contributed by atoms with Crippen LogP contribution >= 0.6 is 12.2 Å². The quantitative estimate of drug-likeness (QED) is 0.833. The number of rotatable bonds is 3. The van der Waals surface area contributed by atoms with Crippen molar-refractivity contribution in [1.82, 2.24) is 9.55 Å².